The predicted molar refractivity (Wildman–Crippen MR) is 76.7 cm³/mol. The molecule has 0 radical (unpaired) electrons. The van der Waals surface area contributed by atoms with Gasteiger partial charge in [0, 0.05) is 22.8 Å². The molecule has 0 bridgehead atoms. The Labute approximate surface area is 111 Å². The van der Waals surface area contributed by atoms with Crippen molar-refractivity contribution < 1.29 is 0 Å². The van der Waals surface area contributed by atoms with Gasteiger partial charge in [0.05, 0.1) is 0 Å². The molecule has 2 aromatic heterocycles. The third-order valence-electron chi connectivity index (χ3n) is 3.11. The van der Waals surface area contributed by atoms with Crippen LogP contribution in [0.25, 0.3) is 22.3 Å². The zero-order valence-corrected chi connectivity index (χ0v) is 10.9. The zero-order chi connectivity index (χ0) is 13.4. The minimum absolute atomic E-state index is 0.442. The summed E-state index contributed by atoms with van der Waals surface area (Å²) in [6, 6.07) is 10.0. The quantitative estimate of drug-likeness (QED) is 0.721. The summed E-state index contributed by atoms with van der Waals surface area (Å²) < 4.78 is 0. The molecular weight excluding hydrogens is 236 g/mol. The van der Waals surface area contributed by atoms with Crippen LogP contribution < -0.4 is 5.73 Å². The topological polar surface area (TPSA) is 64.7 Å². The van der Waals surface area contributed by atoms with Gasteiger partial charge in [-0.1, -0.05) is 23.8 Å². The molecule has 1 aromatic carbocycles. The normalized spacial score (nSPS) is 10.8. The number of aromatic nitrogens is 3. The van der Waals surface area contributed by atoms with E-state index in [1.807, 2.05) is 38.1 Å². The number of hydrogen-bond acceptors (Lipinski definition) is 4. The number of pyridine rings is 1. The van der Waals surface area contributed by atoms with Gasteiger partial charge in [0.15, 0.2) is 5.82 Å². The molecule has 0 unspecified atom stereocenters. The molecule has 0 amide bonds. The third kappa shape index (κ3) is 2.01. The number of hydrogen-bond donors (Lipinski definition) is 1. The number of anilines is 1. The molecule has 19 heavy (non-hydrogen) atoms. The predicted octanol–water partition coefficient (Wildman–Crippen LogP) is 2.89. The first-order chi connectivity index (χ1) is 9.15. The molecule has 0 fully saturated rings. The summed E-state index contributed by atoms with van der Waals surface area (Å²) in [6.07, 6.45) is 1.68. The van der Waals surface area contributed by atoms with Crippen molar-refractivity contribution in [3.8, 4) is 11.4 Å². The Morgan fingerprint density at radius 3 is 2.68 bits per heavy atom. The van der Waals surface area contributed by atoms with E-state index in [0.717, 1.165) is 16.6 Å². The number of benzene rings is 1. The van der Waals surface area contributed by atoms with Crippen LogP contribution in [0.5, 0.6) is 0 Å². The first kappa shape index (κ1) is 11.6. The van der Waals surface area contributed by atoms with Gasteiger partial charge in [0.2, 0.25) is 0 Å². The lowest BCUT2D eigenvalue weighted by atomic mass is 10.1. The summed E-state index contributed by atoms with van der Waals surface area (Å²) in [6.45, 7) is 4.01. The summed E-state index contributed by atoms with van der Waals surface area (Å²) in [4.78, 5) is 13.2. The molecule has 0 spiro atoms. The molecule has 3 aromatic rings. The Bertz CT molecular complexity index is 765. The van der Waals surface area contributed by atoms with E-state index in [-0.39, 0.29) is 0 Å². The van der Waals surface area contributed by atoms with Crippen LogP contribution >= 0.6 is 0 Å². The van der Waals surface area contributed by atoms with Crippen LogP contribution in [-0.4, -0.2) is 15.0 Å². The van der Waals surface area contributed by atoms with E-state index < -0.39 is 0 Å². The number of fused-ring (bicyclic) bond motifs is 1. The van der Waals surface area contributed by atoms with Crippen LogP contribution in [-0.2, 0) is 0 Å². The molecule has 0 aliphatic heterocycles. The van der Waals surface area contributed by atoms with Crippen LogP contribution in [0.15, 0.2) is 36.5 Å². The average Bonchev–Trinajstić information content (AvgIpc) is 2.40. The smallest absolute Gasteiger partial charge is 0.160 e. The van der Waals surface area contributed by atoms with Crippen LogP contribution in [0.1, 0.15) is 11.3 Å². The highest BCUT2D eigenvalue weighted by Crippen LogP contribution is 2.23. The molecule has 4 nitrogen and oxygen atoms in total. The summed E-state index contributed by atoms with van der Waals surface area (Å²) in [5.41, 5.74) is 9.70. The van der Waals surface area contributed by atoms with Crippen LogP contribution in [0.4, 0.5) is 5.82 Å². The average molecular weight is 250 g/mol. The van der Waals surface area contributed by atoms with Crippen LogP contribution in [0, 0.1) is 13.8 Å². The van der Waals surface area contributed by atoms with Crippen molar-refractivity contribution in [2.75, 3.05) is 5.73 Å². The highest BCUT2D eigenvalue weighted by molar-refractivity contribution is 5.89. The van der Waals surface area contributed by atoms with Crippen molar-refractivity contribution >= 4 is 16.7 Å². The van der Waals surface area contributed by atoms with E-state index in [1.54, 1.807) is 6.20 Å². The molecule has 0 atom stereocenters. The maximum absolute atomic E-state index is 5.90. The zero-order valence-electron chi connectivity index (χ0n) is 10.9. The molecule has 0 saturated carbocycles. The van der Waals surface area contributed by atoms with E-state index in [2.05, 4.69) is 21.0 Å². The molecule has 2 N–H and O–H groups in total. The molecular formula is C15H14N4. The van der Waals surface area contributed by atoms with Crippen molar-refractivity contribution in [1.29, 1.82) is 0 Å². The third-order valence-corrected chi connectivity index (χ3v) is 3.11. The molecule has 2 heterocycles. The van der Waals surface area contributed by atoms with Crippen molar-refractivity contribution in [2.24, 2.45) is 0 Å². The van der Waals surface area contributed by atoms with E-state index in [4.69, 9.17) is 5.73 Å². The van der Waals surface area contributed by atoms with Gasteiger partial charge in [0.1, 0.15) is 11.3 Å². The van der Waals surface area contributed by atoms with Gasteiger partial charge < -0.3 is 5.73 Å². The number of aryl methyl sites for hydroxylation is 2. The monoisotopic (exact) mass is 250 g/mol. The lowest BCUT2D eigenvalue weighted by molar-refractivity contribution is 1.15. The highest BCUT2D eigenvalue weighted by Gasteiger charge is 2.09. The Morgan fingerprint density at radius 1 is 1.05 bits per heavy atom. The number of nitrogen functional groups attached to an aromatic ring is 1. The van der Waals surface area contributed by atoms with Gasteiger partial charge in [-0.05, 0) is 26.0 Å². The van der Waals surface area contributed by atoms with Crippen LogP contribution in [0.2, 0.25) is 0 Å². The Hall–Kier alpha value is -2.49. The highest BCUT2D eigenvalue weighted by atomic mass is 14.9. The Morgan fingerprint density at radius 2 is 1.89 bits per heavy atom. The van der Waals surface area contributed by atoms with Gasteiger partial charge in [-0.25, -0.2) is 15.0 Å². The fraction of sp³-hybridized carbons (Fsp3) is 0.133. The molecule has 94 valence electrons. The minimum atomic E-state index is 0.442. The maximum atomic E-state index is 5.90. The second-order valence-corrected chi connectivity index (χ2v) is 4.59. The van der Waals surface area contributed by atoms with Crippen molar-refractivity contribution in [1.82, 2.24) is 15.0 Å². The van der Waals surface area contributed by atoms with E-state index >= 15 is 0 Å². The fourth-order valence-electron chi connectivity index (χ4n) is 2.14. The Balaban J connectivity index is 2.29. The summed E-state index contributed by atoms with van der Waals surface area (Å²) in [5.74, 6) is 1.13. The molecule has 0 aliphatic carbocycles. The lowest BCUT2D eigenvalue weighted by Crippen LogP contribution is -1.99. The van der Waals surface area contributed by atoms with Crippen molar-refractivity contribution in [3.05, 3.63) is 47.8 Å². The first-order valence-corrected chi connectivity index (χ1v) is 6.11. The second kappa shape index (κ2) is 4.31. The largest absolute Gasteiger partial charge is 0.382 e. The van der Waals surface area contributed by atoms with Gasteiger partial charge in [-0.15, -0.1) is 0 Å². The molecule has 0 saturated heterocycles. The summed E-state index contributed by atoms with van der Waals surface area (Å²) in [5, 5.41) is 0.948. The van der Waals surface area contributed by atoms with Gasteiger partial charge >= 0.3 is 0 Å². The van der Waals surface area contributed by atoms with Crippen LogP contribution in [0.3, 0.4) is 0 Å². The SMILES string of the molecule is Cc1cccc(-c2nc(C)c3ccnc(N)c3n2)c1. The van der Waals surface area contributed by atoms with E-state index in [9.17, 15) is 0 Å². The maximum Gasteiger partial charge on any atom is 0.160 e. The van der Waals surface area contributed by atoms with Gasteiger partial charge in [0.25, 0.3) is 0 Å². The van der Waals surface area contributed by atoms with Crippen molar-refractivity contribution in [2.45, 2.75) is 13.8 Å². The lowest BCUT2D eigenvalue weighted by Gasteiger charge is -2.07. The van der Waals surface area contributed by atoms with Gasteiger partial charge in [-0.3, -0.25) is 0 Å². The number of nitrogens with two attached hydrogens (primary N) is 1. The molecule has 0 aliphatic rings. The second-order valence-electron chi connectivity index (χ2n) is 4.59. The van der Waals surface area contributed by atoms with E-state index in [0.29, 0.717) is 17.2 Å². The minimum Gasteiger partial charge on any atom is -0.382 e. The molecule has 3 rings (SSSR count). The summed E-state index contributed by atoms with van der Waals surface area (Å²) in [7, 11) is 0. The fourth-order valence-corrected chi connectivity index (χ4v) is 2.14. The van der Waals surface area contributed by atoms with Gasteiger partial charge in [-0.2, -0.15) is 0 Å². The first-order valence-electron chi connectivity index (χ1n) is 6.11. The van der Waals surface area contributed by atoms with E-state index in [1.165, 1.54) is 5.56 Å². The number of rotatable bonds is 1. The standard InChI is InChI=1S/C15H14N4/c1-9-4-3-5-11(8-9)15-18-10(2)12-6-7-17-14(16)13(12)19-15/h3-8H,1-2H3,(H2,16,17). The Kier molecular flexibility index (Phi) is 2.63. The molecule has 4 heteroatoms. The summed E-state index contributed by atoms with van der Waals surface area (Å²) >= 11 is 0. The number of nitrogens with zero attached hydrogens (tertiary/aromatic N) is 3. The van der Waals surface area contributed by atoms with Crippen molar-refractivity contribution in [3.63, 3.8) is 0 Å².